The molecule has 2 unspecified atom stereocenters. The smallest absolute Gasteiger partial charge is 0.549 e. The molecule has 0 saturated carbocycles. The van der Waals surface area contributed by atoms with Gasteiger partial charge in [-0.3, -0.25) is 0 Å². The number of carboxylic acids is 2. The van der Waals surface area contributed by atoms with Crippen molar-refractivity contribution in [3.8, 4) is 0 Å². The summed E-state index contributed by atoms with van der Waals surface area (Å²) in [4.78, 5) is 22.2. The molecule has 0 aliphatic carbocycles. The number of carbonyl (C=O) groups is 2. The van der Waals surface area contributed by atoms with Gasteiger partial charge in [0.2, 0.25) is 0 Å². The van der Waals surface area contributed by atoms with Crippen LogP contribution >= 0.6 is 0 Å². The Labute approximate surface area is 190 Å². The molecule has 2 aromatic carbocycles. The van der Waals surface area contributed by atoms with Crippen LogP contribution in [0.1, 0.15) is 64.5 Å². The first kappa shape index (κ1) is 27.1. The van der Waals surface area contributed by atoms with Crippen LogP contribution in [-0.4, -0.2) is 35.0 Å². The van der Waals surface area contributed by atoms with E-state index < -0.39 is 22.8 Å². The van der Waals surface area contributed by atoms with Crippen molar-refractivity contribution in [2.24, 2.45) is 0 Å². The van der Waals surface area contributed by atoms with E-state index in [2.05, 4.69) is 0 Å². The van der Waals surface area contributed by atoms with E-state index in [9.17, 15) is 19.8 Å². The second-order valence-electron chi connectivity index (χ2n) is 7.47. The van der Waals surface area contributed by atoms with Gasteiger partial charge in [-0.05, 0) is 24.0 Å². The Morgan fingerprint density at radius 2 is 0.966 bits per heavy atom. The van der Waals surface area contributed by atoms with E-state index in [1.54, 1.807) is 13.8 Å². The molecule has 0 amide bonds. The summed E-state index contributed by atoms with van der Waals surface area (Å²) in [6.07, 6.45) is 2.89. The van der Waals surface area contributed by atoms with Gasteiger partial charge in [0.05, 0.1) is 11.9 Å². The van der Waals surface area contributed by atoms with Gasteiger partial charge in [0.15, 0.2) is 0 Å². The van der Waals surface area contributed by atoms with E-state index in [-0.39, 0.29) is 23.1 Å². The zero-order chi connectivity index (χ0) is 21.2. The minimum atomic E-state index is -0.995. The summed E-state index contributed by atoms with van der Waals surface area (Å²) < 4.78 is 0. The van der Waals surface area contributed by atoms with Crippen LogP contribution in [0.3, 0.4) is 0 Å². The van der Waals surface area contributed by atoms with Crippen molar-refractivity contribution >= 4 is 35.0 Å². The first-order valence-corrected chi connectivity index (χ1v) is 9.76. The largest absolute Gasteiger partial charge is 2.00 e. The molecule has 29 heavy (non-hydrogen) atoms. The fraction of sp³-hybridized carbons (Fsp3) is 0.417. The predicted molar refractivity (Wildman–Crippen MR) is 113 cm³/mol. The van der Waals surface area contributed by atoms with Crippen molar-refractivity contribution in [1.29, 1.82) is 0 Å². The third kappa shape index (κ3) is 7.16. The van der Waals surface area contributed by atoms with Crippen molar-refractivity contribution in [3.63, 3.8) is 0 Å². The Morgan fingerprint density at radius 1 is 0.690 bits per heavy atom. The molecule has 2 atom stereocenters. The summed E-state index contributed by atoms with van der Waals surface area (Å²) in [5, 5.41) is 22.2. The van der Waals surface area contributed by atoms with Gasteiger partial charge in [0.25, 0.3) is 0 Å². The summed E-state index contributed by atoms with van der Waals surface area (Å²) in [5.74, 6) is -1.99. The van der Waals surface area contributed by atoms with Crippen LogP contribution in [-0.2, 0) is 20.4 Å². The molecule has 2 rings (SSSR count). The van der Waals surface area contributed by atoms with Crippen LogP contribution in [0.4, 0.5) is 0 Å². The molecule has 0 saturated heterocycles. The van der Waals surface area contributed by atoms with Crippen LogP contribution in [0, 0.1) is 0 Å². The van der Waals surface area contributed by atoms with Crippen molar-refractivity contribution in [3.05, 3.63) is 71.8 Å². The molecule has 0 aromatic heterocycles. The maximum Gasteiger partial charge on any atom is 2.00 e. The summed E-state index contributed by atoms with van der Waals surface area (Å²) in [6, 6.07) is 18.5. The maximum atomic E-state index is 11.1. The fourth-order valence-electron chi connectivity index (χ4n) is 3.34. The standard InChI is InChI=1S/2C12H16O2.Mg/c2*1-3-9-12(2,11(13)14)10-7-5-4-6-8-10;/h2*4-8H,3,9H2,1-2H3,(H,13,14);/q;;+2/p-2. The Kier molecular flexibility index (Phi) is 11.8. The number of rotatable bonds is 8. The number of hydrogen-bond donors (Lipinski definition) is 0. The van der Waals surface area contributed by atoms with Crippen molar-refractivity contribution in [2.45, 2.75) is 64.2 Å². The van der Waals surface area contributed by atoms with Crippen LogP contribution < -0.4 is 10.2 Å². The molecule has 0 heterocycles. The molecule has 2 aromatic rings. The SMILES string of the molecule is CCCC(C)(C(=O)[O-])c1ccccc1.CCCC(C)(C(=O)[O-])c1ccccc1.[Mg+2]. The monoisotopic (exact) mass is 406 g/mol. The molecule has 0 radical (unpaired) electrons. The van der Waals surface area contributed by atoms with E-state index in [4.69, 9.17) is 0 Å². The molecule has 5 heteroatoms. The quantitative estimate of drug-likeness (QED) is 0.631. The summed E-state index contributed by atoms with van der Waals surface area (Å²) in [7, 11) is 0. The van der Waals surface area contributed by atoms with Crippen LogP contribution in [0.25, 0.3) is 0 Å². The van der Waals surface area contributed by atoms with Gasteiger partial charge in [0, 0.05) is 10.8 Å². The minimum Gasteiger partial charge on any atom is -0.549 e. The van der Waals surface area contributed by atoms with Crippen molar-refractivity contribution in [1.82, 2.24) is 0 Å². The zero-order valence-electron chi connectivity index (χ0n) is 17.9. The Bertz CT molecular complexity index is 682. The van der Waals surface area contributed by atoms with Gasteiger partial charge in [0.1, 0.15) is 0 Å². The topological polar surface area (TPSA) is 80.3 Å². The number of aliphatic carboxylic acids is 2. The molecule has 0 aliphatic heterocycles. The molecule has 4 nitrogen and oxygen atoms in total. The molecule has 0 spiro atoms. The van der Waals surface area contributed by atoms with Gasteiger partial charge < -0.3 is 19.8 Å². The minimum absolute atomic E-state index is 0. The second kappa shape index (κ2) is 12.7. The van der Waals surface area contributed by atoms with Gasteiger partial charge >= 0.3 is 23.1 Å². The van der Waals surface area contributed by atoms with E-state index in [1.165, 1.54) is 0 Å². The average molecular weight is 407 g/mol. The Balaban J connectivity index is 0.000000523. The van der Waals surface area contributed by atoms with Gasteiger partial charge in [-0.15, -0.1) is 0 Å². The number of benzene rings is 2. The van der Waals surface area contributed by atoms with Gasteiger partial charge in [-0.1, -0.05) is 101 Å². The molecule has 0 fully saturated rings. The number of carbonyl (C=O) groups excluding carboxylic acids is 2. The third-order valence-electron chi connectivity index (χ3n) is 5.22. The van der Waals surface area contributed by atoms with E-state index in [0.717, 1.165) is 24.0 Å². The molecule has 0 aliphatic rings. The molecule has 0 bridgehead atoms. The van der Waals surface area contributed by atoms with Gasteiger partial charge in [-0.2, -0.15) is 0 Å². The third-order valence-corrected chi connectivity index (χ3v) is 5.22. The maximum absolute atomic E-state index is 11.1. The Morgan fingerprint density at radius 3 is 1.17 bits per heavy atom. The van der Waals surface area contributed by atoms with Crippen molar-refractivity contribution in [2.75, 3.05) is 0 Å². The zero-order valence-corrected chi connectivity index (χ0v) is 19.4. The normalized spacial score (nSPS) is 14.2. The first-order chi connectivity index (χ1) is 13.2. The van der Waals surface area contributed by atoms with Crippen LogP contribution in [0.5, 0.6) is 0 Å². The summed E-state index contributed by atoms with van der Waals surface area (Å²) in [6.45, 7) is 7.40. The molecular formula is C24H30MgO4. The summed E-state index contributed by atoms with van der Waals surface area (Å²) >= 11 is 0. The van der Waals surface area contributed by atoms with E-state index in [1.807, 2.05) is 74.5 Å². The number of carboxylic acid groups (broad SMARTS) is 2. The average Bonchev–Trinajstić information content (AvgIpc) is 2.70. The fourth-order valence-corrected chi connectivity index (χ4v) is 3.34. The first-order valence-electron chi connectivity index (χ1n) is 9.76. The second-order valence-corrected chi connectivity index (χ2v) is 7.47. The predicted octanol–water partition coefficient (Wildman–Crippen LogP) is 2.61. The summed E-state index contributed by atoms with van der Waals surface area (Å²) in [5.41, 5.74) is -0.0600. The number of hydrogen-bond acceptors (Lipinski definition) is 4. The molecule has 0 N–H and O–H groups in total. The van der Waals surface area contributed by atoms with Crippen LogP contribution in [0.2, 0.25) is 0 Å². The molecular weight excluding hydrogens is 377 g/mol. The van der Waals surface area contributed by atoms with Gasteiger partial charge in [-0.25, -0.2) is 0 Å². The Hall–Kier alpha value is -1.85. The van der Waals surface area contributed by atoms with E-state index in [0.29, 0.717) is 12.8 Å². The van der Waals surface area contributed by atoms with Crippen LogP contribution in [0.15, 0.2) is 60.7 Å². The van der Waals surface area contributed by atoms with E-state index >= 15 is 0 Å². The molecule has 152 valence electrons. The van der Waals surface area contributed by atoms with Crippen molar-refractivity contribution < 1.29 is 19.8 Å².